The topological polar surface area (TPSA) is 0 Å². The molecule has 4 aliphatic rings. The summed E-state index contributed by atoms with van der Waals surface area (Å²) in [6.45, 7) is 9.67. The summed E-state index contributed by atoms with van der Waals surface area (Å²) in [5, 5.41) is 0. The molecular formula is C34H37. The van der Waals surface area contributed by atoms with Crippen LogP contribution in [-0.2, 0) is 0 Å². The van der Waals surface area contributed by atoms with E-state index in [1.807, 2.05) is 0 Å². The average molecular weight is 446 g/mol. The fourth-order valence-electron chi connectivity index (χ4n) is 6.28. The number of rotatable bonds is 8. The third-order valence-electron chi connectivity index (χ3n) is 8.55. The molecule has 0 fully saturated rings. The third-order valence-corrected chi connectivity index (χ3v) is 8.55. The van der Waals surface area contributed by atoms with E-state index in [0.29, 0.717) is 47.3 Å². The Bertz CT molecular complexity index is 1010. The first-order valence-corrected chi connectivity index (χ1v) is 13.0. The van der Waals surface area contributed by atoms with E-state index in [1.54, 1.807) is 11.1 Å². The Morgan fingerprint density at radius 3 is 1.26 bits per heavy atom. The Hall–Kier alpha value is -2.86. The summed E-state index contributed by atoms with van der Waals surface area (Å²) < 4.78 is 0. The van der Waals surface area contributed by atoms with E-state index in [0.717, 1.165) is 0 Å². The fourth-order valence-corrected chi connectivity index (χ4v) is 6.28. The lowest BCUT2D eigenvalue weighted by Crippen LogP contribution is -2.21. The van der Waals surface area contributed by atoms with Gasteiger partial charge < -0.3 is 0 Å². The largest absolute Gasteiger partial charge is 0.0770 e. The van der Waals surface area contributed by atoms with Crippen LogP contribution < -0.4 is 0 Å². The molecule has 0 saturated carbocycles. The van der Waals surface area contributed by atoms with Crippen LogP contribution >= 0.6 is 0 Å². The lowest BCUT2D eigenvalue weighted by molar-refractivity contribution is 0.558. The van der Waals surface area contributed by atoms with Crippen molar-refractivity contribution in [1.29, 1.82) is 0 Å². The van der Waals surface area contributed by atoms with Crippen molar-refractivity contribution >= 4 is 0 Å². The standard InChI is InChI=1S/C34H37/c1-23(27-13-5-6-14-27)31-21-22-32(24(2)28-15-7-8-16-28)34(26(4)30-19-11-12-20-30)33(31)25(3)29-17-9-10-18-29/h5-21,23-30H,1-4H3. The van der Waals surface area contributed by atoms with E-state index in [4.69, 9.17) is 0 Å². The van der Waals surface area contributed by atoms with Gasteiger partial charge in [0.2, 0.25) is 0 Å². The number of hydrogen-bond acceptors (Lipinski definition) is 0. The van der Waals surface area contributed by atoms with Crippen LogP contribution in [0, 0.1) is 29.7 Å². The van der Waals surface area contributed by atoms with Crippen molar-refractivity contribution in [1.82, 2.24) is 0 Å². The first-order valence-electron chi connectivity index (χ1n) is 13.0. The van der Waals surface area contributed by atoms with E-state index < -0.39 is 0 Å². The van der Waals surface area contributed by atoms with Crippen molar-refractivity contribution in [3.8, 4) is 0 Å². The lowest BCUT2D eigenvalue weighted by Gasteiger charge is -2.34. The molecule has 4 atom stereocenters. The smallest absolute Gasteiger partial charge is 0.00192 e. The highest BCUT2D eigenvalue weighted by Gasteiger charge is 2.33. The van der Waals surface area contributed by atoms with Crippen LogP contribution in [0.25, 0.3) is 0 Å². The summed E-state index contributed by atoms with van der Waals surface area (Å²) in [6, 6.07) is 6.23. The molecule has 1 aromatic carbocycles. The average Bonchev–Trinajstić information content (AvgIpc) is 3.68. The first-order chi connectivity index (χ1) is 16.6. The van der Waals surface area contributed by atoms with Gasteiger partial charge in [0.25, 0.3) is 0 Å². The molecule has 4 aliphatic carbocycles. The van der Waals surface area contributed by atoms with Crippen molar-refractivity contribution in [2.75, 3.05) is 0 Å². The van der Waals surface area contributed by atoms with E-state index in [2.05, 4.69) is 137 Å². The van der Waals surface area contributed by atoms with Crippen molar-refractivity contribution in [3.63, 3.8) is 0 Å². The summed E-state index contributed by atoms with van der Waals surface area (Å²) in [7, 11) is 0. The highest BCUT2D eigenvalue weighted by Crippen LogP contribution is 2.47. The summed E-state index contributed by atoms with van der Waals surface area (Å²) in [5.74, 6) is 3.43. The molecule has 0 heterocycles. The van der Waals surface area contributed by atoms with Crippen molar-refractivity contribution in [2.24, 2.45) is 23.7 Å². The molecule has 1 aromatic rings. The highest BCUT2D eigenvalue weighted by atomic mass is 14.4. The Morgan fingerprint density at radius 1 is 0.471 bits per heavy atom. The predicted octanol–water partition coefficient (Wildman–Crippen LogP) is 8.87. The molecule has 0 bridgehead atoms. The van der Waals surface area contributed by atoms with E-state index in [-0.39, 0.29) is 0 Å². The molecule has 0 amide bonds. The van der Waals surface area contributed by atoms with Crippen LogP contribution in [0.3, 0.4) is 0 Å². The van der Waals surface area contributed by atoms with E-state index in [1.165, 1.54) is 11.1 Å². The molecule has 0 aromatic heterocycles. The van der Waals surface area contributed by atoms with Crippen LogP contribution in [0.2, 0.25) is 0 Å². The van der Waals surface area contributed by atoms with Crippen LogP contribution in [-0.4, -0.2) is 0 Å². The summed E-state index contributed by atoms with van der Waals surface area (Å²) in [6.07, 6.45) is 36.5. The minimum Gasteiger partial charge on any atom is -0.0770 e. The quantitative estimate of drug-likeness (QED) is 0.375. The highest BCUT2D eigenvalue weighted by molar-refractivity contribution is 5.51. The zero-order valence-corrected chi connectivity index (χ0v) is 20.9. The molecule has 34 heavy (non-hydrogen) atoms. The monoisotopic (exact) mass is 445 g/mol. The van der Waals surface area contributed by atoms with Gasteiger partial charge in [0, 0.05) is 23.7 Å². The Kier molecular flexibility index (Phi) is 6.59. The van der Waals surface area contributed by atoms with E-state index in [9.17, 15) is 0 Å². The Morgan fingerprint density at radius 2 is 0.824 bits per heavy atom. The molecule has 0 nitrogen and oxygen atoms in total. The van der Waals surface area contributed by atoms with Crippen molar-refractivity contribution < 1.29 is 0 Å². The molecule has 0 N–H and O–H groups in total. The maximum absolute atomic E-state index is 3.88. The molecule has 173 valence electrons. The normalized spacial score (nSPS) is 23.2. The van der Waals surface area contributed by atoms with Crippen LogP contribution in [0.5, 0.6) is 0 Å². The van der Waals surface area contributed by atoms with Crippen molar-refractivity contribution in [3.05, 3.63) is 132 Å². The molecular weight excluding hydrogens is 408 g/mol. The molecule has 4 unspecified atom stereocenters. The van der Waals surface area contributed by atoms with Gasteiger partial charge in [-0.2, -0.15) is 0 Å². The zero-order valence-electron chi connectivity index (χ0n) is 20.9. The predicted molar refractivity (Wildman–Crippen MR) is 146 cm³/mol. The molecule has 1 radical (unpaired) electrons. The SMILES string of the molecule is CC(c1[c]cc(C(C)C2C=CC=C2)c(C(C)C2C=CC=C2)c1C(C)C1C=CC=C1)C1C=CC=C1. The van der Waals surface area contributed by atoms with Gasteiger partial charge in [0.05, 0.1) is 0 Å². The second kappa shape index (κ2) is 9.79. The van der Waals surface area contributed by atoms with Gasteiger partial charge in [-0.1, -0.05) is 131 Å². The van der Waals surface area contributed by atoms with Gasteiger partial charge in [-0.05, 0) is 52.0 Å². The van der Waals surface area contributed by atoms with Gasteiger partial charge in [-0.25, -0.2) is 0 Å². The number of benzene rings is 1. The second-order valence-electron chi connectivity index (χ2n) is 10.5. The molecule has 5 rings (SSSR count). The molecule has 0 spiro atoms. The van der Waals surface area contributed by atoms with Gasteiger partial charge in [0.1, 0.15) is 0 Å². The third kappa shape index (κ3) is 4.20. The summed E-state index contributed by atoms with van der Waals surface area (Å²) >= 11 is 0. The lowest BCUT2D eigenvalue weighted by atomic mass is 9.69. The number of hydrogen-bond donors (Lipinski definition) is 0. The maximum atomic E-state index is 3.88. The Labute approximate surface area is 206 Å². The van der Waals surface area contributed by atoms with Crippen molar-refractivity contribution in [2.45, 2.75) is 51.4 Å². The fraction of sp³-hybridized carbons (Fsp3) is 0.353. The molecule has 0 saturated heterocycles. The summed E-state index contributed by atoms with van der Waals surface area (Å²) in [5.41, 5.74) is 5.99. The van der Waals surface area contributed by atoms with Crippen LogP contribution in [0.15, 0.2) is 103 Å². The summed E-state index contributed by atoms with van der Waals surface area (Å²) in [4.78, 5) is 0. The molecule has 0 heteroatoms. The van der Waals surface area contributed by atoms with Gasteiger partial charge >= 0.3 is 0 Å². The van der Waals surface area contributed by atoms with Crippen LogP contribution in [0.1, 0.15) is 73.6 Å². The minimum atomic E-state index is 0.401. The zero-order chi connectivity index (χ0) is 23.7. The van der Waals surface area contributed by atoms with Crippen LogP contribution in [0.4, 0.5) is 0 Å². The maximum Gasteiger partial charge on any atom is 0.00192 e. The first kappa shape index (κ1) is 22.9. The van der Waals surface area contributed by atoms with Gasteiger partial charge in [-0.15, -0.1) is 0 Å². The Balaban J connectivity index is 1.70. The van der Waals surface area contributed by atoms with Gasteiger partial charge in [0.15, 0.2) is 0 Å². The van der Waals surface area contributed by atoms with Gasteiger partial charge in [-0.3, -0.25) is 0 Å². The minimum absolute atomic E-state index is 0.401. The molecule has 0 aliphatic heterocycles. The number of allylic oxidation sites excluding steroid dienone is 16. The van der Waals surface area contributed by atoms with E-state index >= 15 is 0 Å². The second-order valence-corrected chi connectivity index (χ2v) is 10.5.